The van der Waals surface area contributed by atoms with Crippen molar-refractivity contribution in [2.24, 2.45) is 0 Å². The van der Waals surface area contributed by atoms with Crippen LogP contribution in [0.5, 0.6) is 11.5 Å². The summed E-state index contributed by atoms with van der Waals surface area (Å²) in [5, 5.41) is 2.87. The summed E-state index contributed by atoms with van der Waals surface area (Å²) in [6, 6.07) is 15.7. The Kier molecular flexibility index (Phi) is 4.86. The van der Waals surface area contributed by atoms with Crippen molar-refractivity contribution in [3.05, 3.63) is 87.6 Å². The molecule has 156 valence electrons. The van der Waals surface area contributed by atoms with Gasteiger partial charge in [0.25, 0.3) is 5.91 Å². The third kappa shape index (κ3) is 3.63. The third-order valence-corrected chi connectivity index (χ3v) is 5.77. The molecule has 2 aliphatic rings. The fourth-order valence-electron chi connectivity index (χ4n) is 3.87. The third-order valence-electron chi connectivity index (χ3n) is 5.27. The fraction of sp³-hybridized carbons (Fsp3) is 0.130. The van der Waals surface area contributed by atoms with Gasteiger partial charge in [-0.3, -0.25) is 9.59 Å². The van der Waals surface area contributed by atoms with Crippen LogP contribution in [-0.2, 0) is 4.79 Å². The summed E-state index contributed by atoms with van der Waals surface area (Å²) in [7, 11) is 0. The molecule has 8 heteroatoms. The first-order valence-corrected chi connectivity index (χ1v) is 10.3. The van der Waals surface area contributed by atoms with E-state index in [9.17, 15) is 14.0 Å². The molecule has 3 aromatic carbocycles. The van der Waals surface area contributed by atoms with Crippen LogP contribution >= 0.6 is 15.9 Å². The van der Waals surface area contributed by atoms with Crippen molar-refractivity contribution in [2.45, 2.75) is 6.04 Å². The van der Waals surface area contributed by atoms with Gasteiger partial charge in [0.1, 0.15) is 12.4 Å². The number of hydrogen-bond donors (Lipinski definition) is 1. The molecule has 0 fully saturated rings. The van der Waals surface area contributed by atoms with E-state index < -0.39 is 6.04 Å². The van der Waals surface area contributed by atoms with E-state index in [0.29, 0.717) is 28.3 Å². The molecule has 1 N–H and O–H groups in total. The summed E-state index contributed by atoms with van der Waals surface area (Å²) in [5.74, 6) is -0.00585. The molecular formula is C23H16BrFN2O4. The van der Waals surface area contributed by atoms with Crippen LogP contribution < -0.4 is 14.8 Å². The summed E-state index contributed by atoms with van der Waals surface area (Å²) in [5.41, 5.74) is 2.37. The quantitative estimate of drug-likeness (QED) is 0.583. The van der Waals surface area contributed by atoms with Gasteiger partial charge in [-0.2, -0.15) is 0 Å². The highest BCUT2D eigenvalue weighted by molar-refractivity contribution is 9.10. The molecule has 0 saturated carbocycles. The van der Waals surface area contributed by atoms with E-state index in [2.05, 4.69) is 21.2 Å². The first-order valence-electron chi connectivity index (χ1n) is 9.55. The molecule has 2 aliphatic heterocycles. The smallest absolute Gasteiger partial charge is 0.255 e. The zero-order valence-corrected chi connectivity index (χ0v) is 17.7. The molecule has 1 atom stereocenters. The average Bonchev–Trinajstić information content (AvgIpc) is 3.18. The zero-order chi connectivity index (χ0) is 21.5. The van der Waals surface area contributed by atoms with Crippen LogP contribution in [0.1, 0.15) is 27.5 Å². The standard InChI is InChI=1S/C23H16BrFN2O4/c24-15-4-7-18-17(10-15)22(13-1-5-16(25)6-2-13)27(11-21(28)26-18)23(29)14-3-8-19-20(9-14)31-12-30-19/h1-10,22H,11-12H2,(H,26,28). The second-order valence-electron chi connectivity index (χ2n) is 7.23. The normalized spacial score (nSPS) is 17.0. The maximum atomic E-state index is 13.6. The Morgan fingerprint density at radius 3 is 2.61 bits per heavy atom. The van der Waals surface area contributed by atoms with Crippen LogP contribution in [0.2, 0.25) is 0 Å². The minimum atomic E-state index is -0.607. The number of carbonyl (C=O) groups excluding carboxylic acids is 2. The van der Waals surface area contributed by atoms with Crippen LogP contribution in [0.15, 0.2) is 65.1 Å². The number of nitrogens with zero attached hydrogens (tertiary/aromatic N) is 1. The lowest BCUT2D eigenvalue weighted by Gasteiger charge is -2.31. The summed E-state index contributed by atoms with van der Waals surface area (Å²) in [4.78, 5) is 27.8. The van der Waals surface area contributed by atoms with Crippen LogP contribution in [-0.4, -0.2) is 30.1 Å². The number of rotatable bonds is 2. The van der Waals surface area contributed by atoms with E-state index in [1.807, 2.05) is 12.1 Å². The molecule has 0 bridgehead atoms. The highest BCUT2D eigenvalue weighted by Crippen LogP contribution is 2.39. The van der Waals surface area contributed by atoms with E-state index in [-0.39, 0.29) is 31.0 Å². The zero-order valence-electron chi connectivity index (χ0n) is 16.1. The minimum absolute atomic E-state index is 0.0959. The number of halogens is 2. The predicted octanol–water partition coefficient (Wildman–Crippen LogP) is 4.50. The fourth-order valence-corrected chi connectivity index (χ4v) is 4.25. The maximum Gasteiger partial charge on any atom is 0.255 e. The van der Waals surface area contributed by atoms with Crippen molar-refractivity contribution in [2.75, 3.05) is 18.7 Å². The van der Waals surface area contributed by atoms with Gasteiger partial charge in [0.15, 0.2) is 11.5 Å². The molecule has 2 heterocycles. The van der Waals surface area contributed by atoms with Crippen molar-refractivity contribution < 1.29 is 23.5 Å². The van der Waals surface area contributed by atoms with Gasteiger partial charge >= 0.3 is 0 Å². The van der Waals surface area contributed by atoms with E-state index >= 15 is 0 Å². The molecule has 2 amide bonds. The van der Waals surface area contributed by atoms with Gasteiger partial charge in [0.2, 0.25) is 12.7 Å². The first-order chi connectivity index (χ1) is 15.0. The van der Waals surface area contributed by atoms with Gasteiger partial charge in [-0.15, -0.1) is 0 Å². The molecule has 0 radical (unpaired) electrons. The number of carbonyl (C=O) groups is 2. The van der Waals surface area contributed by atoms with Crippen molar-refractivity contribution in [3.63, 3.8) is 0 Å². The lowest BCUT2D eigenvalue weighted by molar-refractivity contribution is -0.117. The number of ether oxygens (including phenoxy) is 2. The minimum Gasteiger partial charge on any atom is -0.454 e. The summed E-state index contributed by atoms with van der Waals surface area (Å²) >= 11 is 3.47. The number of hydrogen-bond acceptors (Lipinski definition) is 4. The summed E-state index contributed by atoms with van der Waals surface area (Å²) in [6.45, 7) is -0.0691. The van der Waals surface area contributed by atoms with Crippen molar-refractivity contribution in [1.29, 1.82) is 0 Å². The summed E-state index contributed by atoms with van der Waals surface area (Å²) in [6.07, 6.45) is 0. The second kappa shape index (κ2) is 7.70. The molecule has 0 saturated heterocycles. The maximum absolute atomic E-state index is 13.6. The highest BCUT2D eigenvalue weighted by Gasteiger charge is 2.34. The molecule has 1 unspecified atom stereocenters. The summed E-state index contributed by atoms with van der Waals surface area (Å²) < 4.78 is 25.1. The molecule has 31 heavy (non-hydrogen) atoms. The van der Waals surface area contributed by atoms with Crippen LogP contribution in [0.4, 0.5) is 10.1 Å². The van der Waals surface area contributed by atoms with Gasteiger partial charge in [0, 0.05) is 21.3 Å². The molecule has 0 aromatic heterocycles. The van der Waals surface area contributed by atoms with Crippen molar-refractivity contribution >= 4 is 33.4 Å². The molecule has 0 aliphatic carbocycles. The first kappa shape index (κ1) is 19.6. The SMILES string of the molecule is O=C1CN(C(=O)c2ccc3c(c2)OCO3)C(c2ccc(F)cc2)c2cc(Br)ccc2N1. The van der Waals surface area contributed by atoms with Gasteiger partial charge in [-0.25, -0.2) is 4.39 Å². The molecule has 3 aromatic rings. The Balaban J connectivity index is 1.65. The number of nitrogens with one attached hydrogen (secondary N) is 1. The highest BCUT2D eigenvalue weighted by atomic mass is 79.9. The van der Waals surface area contributed by atoms with Crippen LogP contribution in [0.25, 0.3) is 0 Å². The van der Waals surface area contributed by atoms with Gasteiger partial charge in [-0.05, 0) is 54.1 Å². The second-order valence-corrected chi connectivity index (χ2v) is 8.15. The lowest BCUT2D eigenvalue weighted by atomic mass is 9.95. The number of amides is 2. The van der Waals surface area contributed by atoms with E-state index in [1.54, 1.807) is 36.4 Å². The lowest BCUT2D eigenvalue weighted by Crippen LogP contribution is -2.39. The van der Waals surface area contributed by atoms with Gasteiger partial charge in [-0.1, -0.05) is 28.1 Å². The monoisotopic (exact) mass is 482 g/mol. The van der Waals surface area contributed by atoms with Crippen molar-refractivity contribution in [1.82, 2.24) is 4.90 Å². The molecule has 0 spiro atoms. The van der Waals surface area contributed by atoms with Crippen LogP contribution in [0.3, 0.4) is 0 Å². The molecular weight excluding hydrogens is 467 g/mol. The molecule has 5 rings (SSSR count). The topological polar surface area (TPSA) is 67.9 Å². The van der Waals surface area contributed by atoms with Crippen molar-refractivity contribution in [3.8, 4) is 11.5 Å². The Bertz CT molecular complexity index is 1200. The average molecular weight is 483 g/mol. The van der Waals surface area contributed by atoms with Gasteiger partial charge < -0.3 is 19.7 Å². The van der Waals surface area contributed by atoms with E-state index in [1.165, 1.54) is 17.0 Å². The largest absolute Gasteiger partial charge is 0.454 e. The van der Waals surface area contributed by atoms with Crippen LogP contribution in [0, 0.1) is 5.82 Å². The Morgan fingerprint density at radius 2 is 1.81 bits per heavy atom. The van der Waals surface area contributed by atoms with Gasteiger partial charge in [0.05, 0.1) is 6.04 Å². The Morgan fingerprint density at radius 1 is 1.03 bits per heavy atom. The predicted molar refractivity (Wildman–Crippen MR) is 115 cm³/mol. The Labute approximate surface area is 185 Å². The van der Waals surface area contributed by atoms with E-state index in [0.717, 1.165) is 10.0 Å². The number of anilines is 1. The number of benzene rings is 3. The molecule has 6 nitrogen and oxygen atoms in total. The van der Waals surface area contributed by atoms with E-state index in [4.69, 9.17) is 9.47 Å². The number of fused-ring (bicyclic) bond motifs is 2. The Hall–Kier alpha value is -3.39.